The minimum absolute atomic E-state index is 0.0237. The van der Waals surface area contributed by atoms with Crippen molar-refractivity contribution in [2.45, 2.75) is 19.4 Å². The summed E-state index contributed by atoms with van der Waals surface area (Å²) < 4.78 is 1.23. The van der Waals surface area contributed by atoms with Crippen molar-refractivity contribution in [2.24, 2.45) is 0 Å². The molecule has 1 aliphatic heterocycles. The van der Waals surface area contributed by atoms with Gasteiger partial charge in [0.15, 0.2) is 5.13 Å². The Morgan fingerprint density at radius 3 is 2.42 bits per heavy atom. The lowest BCUT2D eigenvalue weighted by molar-refractivity contribution is -0.116. The van der Waals surface area contributed by atoms with Crippen LogP contribution in [-0.2, 0) is 17.8 Å². The summed E-state index contributed by atoms with van der Waals surface area (Å²) in [6.07, 6.45) is 3.36. The highest BCUT2D eigenvalue weighted by atomic mass is 32.1. The summed E-state index contributed by atoms with van der Waals surface area (Å²) >= 11 is 1.25. The van der Waals surface area contributed by atoms with Gasteiger partial charge in [-0.2, -0.15) is 0 Å². The summed E-state index contributed by atoms with van der Waals surface area (Å²) in [7, 11) is 0. The lowest BCUT2D eigenvalue weighted by atomic mass is 10.1. The van der Waals surface area contributed by atoms with Gasteiger partial charge in [0, 0.05) is 49.3 Å². The Kier molecular flexibility index (Phi) is 5.58. The van der Waals surface area contributed by atoms with E-state index in [0.717, 1.165) is 4.88 Å². The molecule has 3 amide bonds. The smallest absolute Gasteiger partial charge is 0.302 e. The van der Waals surface area contributed by atoms with E-state index in [-0.39, 0.29) is 37.2 Å². The first-order valence-electron chi connectivity index (χ1n) is 9.42. The third-order valence-corrected chi connectivity index (χ3v) is 5.71. The molecule has 10 nitrogen and oxygen atoms in total. The third-order valence-electron chi connectivity index (χ3n) is 4.74. The van der Waals surface area contributed by atoms with Gasteiger partial charge in [-0.15, -0.1) is 11.3 Å². The standard InChI is InChI=1S/C20H17N5O5S/c26-15(6-8-24-9-7-16(27)23-20(24)30)22-19-21-11-12(31-19)5-10-25-17(28)13-3-1-2-4-14(13)18(25)29/h1-4,7,9,11H,5-6,8,10H2,(H,21,22,26)(H,23,27,30). The van der Waals surface area contributed by atoms with Gasteiger partial charge in [-0.05, 0) is 12.1 Å². The summed E-state index contributed by atoms with van der Waals surface area (Å²) in [6.45, 7) is 0.330. The Labute approximate surface area is 179 Å². The SMILES string of the molecule is O=C(CCn1ccc(=O)[nH]c1=O)Nc1ncc(CCN2C(=O)c3ccccc3C2=O)s1. The third kappa shape index (κ3) is 4.36. The first kappa shape index (κ1) is 20.4. The number of rotatable bonds is 7. The van der Waals surface area contributed by atoms with Crippen LogP contribution in [0.1, 0.15) is 32.0 Å². The largest absolute Gasteiger partial charge is 0.328 e. The van der Waals surface area contributed by atoms with Crippen LogP contribution in [0.3, 0.4) is 0 Å². The van der Waals surface area contributed by atoms with Crippen molar-refractivity contribution in [2.75, 3.05) is 11.9 Å². The van der Waals surface area contributed by atoms with Gasteiger partial charge in [-0.1, -0.05) is 12.1 Å². The van der Waals surface area contributed by atoms with Gasteiger partial charge >= 0.3 is 5.69 Å². The molecule has 158 valence electrons. The van der Waals surface area contributed by atoms with Gasteiger partial charge < -0.3 is 9.88 Å². The lowest BCUT2D eigenvalue weighted by Crippen LogP contribution is -2.31. The molecular formula is C20H17N5O5S. The second kappa shape index (κ2) is 8.48. The first-order chi connectivity index (χ1) is 14.9. The number of nitrogens with one attached hydrogen (secondary N) is 2. The summed E-state index contributed by atoms with van der Waals surface area (Å²) in [5.41, 5.74) is -0.259. The summed E-state index contributed by atoms with van der Waals surface area (Å²) in [5.74, 6) is -0.952. The maximum Gasteiger partial charge on any atom is 0.328 e. The Morgan fingerprint density at radius 1 is 1.03 bits per heavy atom. The average Bonchev–Trinajstić information content (AvgIpc) is 3.29. The molecule has 0 fully saturated rings. The molecule has 0 spiro atoms. The van der Waals surface area contributed by atoms with Gasteiger partial charge in [0.1, 0.15) is 0 Å². The number of hydrogen-bond donors (Lipinski definition) is 2. The average molecular weight is 439 g/mol. The number of benzene rings is 1. The van der Waals surface area contributed by atoms with Crippen molar-refractivity contribution in [3.05, 3.63) is 79.6 Å². The summed E-state index contributed by atoms with van der Waals surface area (Å²) in [6, 6.07) is 7.92. The van der Waals surface area contributed by atoms with E-state index in [0.29, 0.717) is 22.7 Å². The van der Waals surface area contributed by atoms with Crippen molar-refractivity contribution in [3.8, 4) is 0 Å². The predicted octanol–water partition coefficient (Wildman–Crippen LogP) is 0.861. The number of carbonyl (C=O) groups is 3. The molecule has 11 heteroatoms. The lowest BCUT2D eigenvalue weighted by Gasteiger charge is -2.12. The van der Waals surface area contributed by atoms with Crippen molar-refractivity contribution >= 4 is 34.2 Å². The molecular weight excluding hydrogens is 422 g/mol. The van der Waals surface area contributed by atoms with Gasteiger partial charge in [0.05, 0.1) is 11.1 Å². The maximum absolute atomic E-state index is 12.4. The zero-order chi connectivity index (χ0) is 22.0. The summed E-state index contributed by atoms with van der Waals surface area (Å²) in [5, 5.41) is 3.04. The van der Waals surface area contributed by atoms with Crippen LogP contribution in [0.25, 0.3) is 0 Å². The highest BCUT2D eigenvalue weighted by Crippen LogP contribution is 2.24. The Bertz CT molecular complexity index is 1260. The number of imide groups is 1. The highest BCUT2D eigenvalue weighted by molar-refractivity contribution is 7.15. The molecule has 0 saturated carbocycles. The molecule has 0 saturated heterocycles. The zero-order valence-corrected chi connectivity index (χ0v) is 17.0. The van der Waals surface area contributed by atoms with Crippen molar-refractivity contribution in [3.63, 3.8) is 0 Å². The number of aryl methyl sites for hydroxylation is 1. The molecule has 1 aliphatic rings. The van der Waals surface area contributed by atoms with Crippen LogP contribution in [0, 0.1) is 0 Å². The van der Waals surface area contributed by atoms with E-state index in [1.54, 1.807) is 30.5 Å². The van der Waals surface area contributed by atoms with E-state index in [1.807, 2.05) is 0 Å². The van der Waals surface area contributed by atoms with Crippen LogP contribution in [0.15, 0.2) is 52.3 Å². The molecule has 0 unspecified atom stereocenters. The number of hydrogen-bond acceptors (Lipinski definition) is 7. The van der Waals surface area contributed by atoms with Gasteiger partial charge in [0.25, 0.3) is 17.4 Å². The van der Waals surface area contributed by atoms with Gasteiger partial charge in [-0.25, -0.2) is 9.78 Å². The monoisotopic (exact) mass is 439 g/mol. The first-order valence-corrected chi connectivity index (χ1v) is 10.2. The Balaban J connectivity index is 1.30. The molecule has 0 bridgehead atoms. The van der Waals surface area contributed by atoms with E-state index in [1.165, 1.54) is 33.1 Å². The topological polar surface area (TPSA) is 134 Å². The number of H-pyrrole nitrogens is 1. The quantitative estimate of drug-likeness (QED) is 0.525. The number of nitrogens with zero attached hydrogens (tertiary/aromatic N) is 3. The zero-order valence-electron chi connectivity index (χ0n) is 16.2. The van der Waals surface area contributed by atoms with Gasteiger partial charge in [-0.3, -0.25) is 29.1 Å². The second-order valence-corrected chi connectivity index (χ2v) is 7.91. The van der Waals surface area contributed by atoms with Gasteiger partial charge in [0.2, 0.25) is 5.91 Å². The van der Waals surface area contributed by atoms with Crippen LogP contribution in [0.4, 0.5) is 5.13 Å². The number of fused-ring (bicyclic) bond motifs is 1. The fourth-order valence-corrected chi connectivity index (χ4v) is 3.99. The van der Waals surface area contributed by atoms with E-state index in [4.69, 9.17) is 0 Å². The van der Waals surface area contributed by atoms with Crippen LogP contribution in [0.5, 0.6) is 0 Å². The maximum atomic E-state index is 12.4. The van der Waals surface area contributed by atoms with E-state index >= 15 is 0 Å². The predicted molar refractivity (Wildman–Crippen MR) is 112 cm³/mol. The minimum Gasteiger partial charge on any atom is -0.302 e. The molecule has 31 heavy (non-hydrogen) atoms. The normalized spacial score (nSPS) is 12.8. The highest BCUT2D eigenvalue weighted by Gasteiger charge is 2.34. The molecule has 0 radical (unpaired) electrons. The van der Waals surface area contributed by atoms with Crippen molar-refractivity contribution in [1.29, 1.82) is 0 Å². The number of carbonyl (C=O) groups excluding carboxylic acids is 3. The van der Waals surface area contributed by atoms with Crippen LogP contribution in [0.2, 0.25) is 0 Å². The minimum atomic E-state index is -0.579. The van der Waals surface area contributed by atoms with Crippen LogP contribution >= 0.6 is 11.3 Å². The van der Waals surface area contributed by atoms with Crippen molar-refractivity contribution in [1.82, 2.24) is 19.4 Å². The Morgan fingerprint density at radius 2 is 1.74 bits per heavy atom. The number of anilines is 1. The van der Waals surface area contributed by atoms with Crippen molar-refractivity contribution < 1.29 is 14.4 Å². The van der Waals surface area contributed by atoms with Crippen LogP contribution < -0.4 is 16.6 Å². The van der Waals surface area contributed by atoms with Crippen LogP contribution in [-0.4, -0.2) is 43.7 Å². The van der Waals surface area contributed by atoms with E-state index < -0.39 is 11.2 Å². The van der Waals surface area contributed by atoms with E-state index in [9.17, 15) is 24.0 Å². The molecule has 1 aromatic carbocycles. The Hall–Kier alpha value is -3.86. The molecule has 0 atom stereocenters. The number of amides is 3. The fraction of sp³-hybridized carbons (Fsp3) is 0.200. The molecule has 3 aromatic rings. The molecule has 4 rings (SSSR count). The summed E-state index contributed by atoms with van der Waals surface area (Å²) in [4.78, 5) is 67.9. The molecule has 3 heterocycles. The molecule has 0 aliphatic carbocycles. The fourth-order valence-electron chi connectivity index (χ4n) is 3.17. The number of thiazole rings is 1. The number of aromatic nitrogens is 3. The molecule has 2 N–H and O–H groups in total. The molecule has 2 aromatic heterocycles. The number of aromatic amines is 1. The van der Waals surface area contributed by atoms with E-state index in [2.05, 4.69) is 15.3 Å². The second-order valence-electron chi connectivity index (χ2n) is 6.79.